The monoisotopic (exact) mass is 276 g/mol. The van der Waals surface area contributed by atoms with Gasteiger partial charge in [0.2, 0.25) is 0 Å². The second kappa shape index (κ2) is 11.7. The van der Waals surface area contributed by atoms with Gasteiger partial charge in [0.25, 0.3) is 0 Å². The molecule has 8 heteroatoms. The van der Waals surface area contributed by atoms with Crippen molar-refractivity contribution in [3.63, 3.8) is 0 Å². The highest BCUT2D eigenvalue weighted by Crippen LogP contribution is 1.98. The third kappa shape index (κ3) is 11.4. The van der Waals surface area contributed by atoms with Crippen LogP contribution in [0.2, 0.25) is 0 Å². The van der Waals surface area contributed by atoms with Crippen LogP contribution in [0.4, 0.5) is 0 Å². The molecule has 0 aromatic heterocycles. The van der Waals surface area contributed by atoms with Gasteiger partial charge in [-0.3, -0.25) is 15.1 Å². The number of carboxylic acids is 1. The lowest BCUT2D eigenvalue weighted by Crippen LogP contribution is -2.38. The second-order valence-corrected chi connectivity index (χ2v) is 3.94. The van der Waals surface area contributed by atoms with Crippen LogP contribution in [0.25, 0.3) is 0 Å². The van der Waals surface area contributed by atoms with E-state index in [2.05, 4.69) is 10.3 Å². The maximum absolute atomic E-state index is 11.0. The van der Waals surface area contributed by atoms with Gasteiger partial charge >= 0.3 is 5.97 Å². The summed E-state index contributed by atoms with van der Waals surface area (Å²) in [6, 6.07) is -0.656. The molecule has 0 amide bonds. The summed E-state index contributed by atoms with van der Waals surface area (Å²) in [5, 5.41) is 11.8. The van der Waals surface area contributed by atoms with Crippen LogP contribution in [0.3, 0.4) is 0 Å². The van der Waals surface area contributed by atoms with Crippen molar-refractivity contribution in [3.8, 4) is 0 Å². The molecule has 0 rings (SSSR count). The summed E-state index contributed by atoms with van der Waals surface area (Å²) in [7, 11) is 1.62. The second-order valence-electron chi connectivity index (χ2n) is 3.94. The van der Waals surface area contributed by atoms with Gasteiger partial charge in [-0.25, -0.2) is 0 Å². The zero-order valence-electron chi connectivity index (χ0n) is 11.3. The topological polar surface area (TPSA) is 132 Å². The van der Waals surface area contributed by atoms with E-state index in [1.54, 1.807) is 7.11 Å². The molecule has 0 bridgehead atoms. The van der Waals surface area contributed by atoms with Crippen LogP contribution in [0, 0.1) is 0 Å². The zero-order valence-corrected chi connectivity index (χ0v) is 11.3. The van der Waals surface area contributed by atoms with E-state index in [1.165, 1.54) is 0 Å². The Morgan fingerprint density at radius 2 is 2.11 bits per heavy atom. The van der Waals surface area contributed by atoms with Gasteiger partial charge in [-0.15, -0.1) is 0 Å². The van der Waals surface area contributed by atoms with E-state index in [0.717, 1.165) is 6.42 Å². The Labute approximate surface area is 113 Å². The molecule has 19 heavy (non-hydrogen) atoms. The number of hydrogen-bond donors (Lipinski definition) is 4. The molecule has 1 atom stereocenters. The van der Waals surface area contributed by atoms with Crippen LogP contribution in [0.5, 0.6) is 0 Å². The Hall–Kier alpha value is -1.38. The van der Waals surface area contributed by atoms with Crippen molar-refractivity contribution in [2.75, 3.05) is 33.6 Å². The number of carbonyl (C=O) groups is 1. The molecule has 8 nitrogen and oxygen atoms in total. The number of nitrogens with two attached hydrogens (primary N) is 2. The molecular formula is C11H24N4O4. The van der Waals surface area contributed by atoms with Crippen molar-refractivity contribution in [3.05, 3.63) is 0 Å². The van der Waals surface area contributed by atoms with Crippen molar-refractivity contribution in [2.45, 2.75) is 25.3 Å². The van der Waals surface area contributed by atoms with Crippen molar-refractivity contribution in [1.82, 2.24) is 5.32 Å². The minimum Gasteiger partial charge on any atom is -0.480 e. The lowest BCUT2D eigenvalue weighted by molar-refractivity contribution is -0.140. The van der Waals surface area contributed by atoms with Crippen LogP contribution in [0.1, 0.15) is 19.3 Å². The maximum atomic E-state index is 11.0. The Balaban J connectivity index is 3.69. The molecule has 112 valence electrons. The fourth-order valence-corrected chi connectivity index (χ4v) is 1.35. The average Bonchev–Trinajstić information content (AvgIpc) is 2.35. The van der Waals surface area contributed by atoms with Gasteiger partial charge in [0, 0.05) is 20.3 Å². The highest BCUT2D eigenvalue weighted by molar-refractivity contribution is 5.75. The molecule has 0 heterocycles. The summed E-state index contributed by atoms with van der Waals surface area (Å²) in [6.07, 6.45) is 1.81. The van der Waals surface area contributed by atoms with Crippen LogP contribution >= 0.6 is 0 Å². The molecular weight excluding hydrogens is 252 g/mol. The first-order chi connectivity index (χ1) is 9.07. The van der Waals surface area contributed by atoms with Crippen LogP contribution in [0.15, 0.2) is 4.99 Å². The van der Waals surface area contributed by atoms with Gasteiger partial charge in [-0.1, -0.05) is 0 Å². The number of aliphatic carboxylic acids is 1. The third-order valence-corrected chi connectivity index (χ3v) is 2.31. The highest BCUT2D eigenvalue weighted by atomic mass is 16.5. The molecule has 0 radical (unpaired) electrons. The van der Waals surface area contributed by atoms with E-state index < -0.39 is 12.0 Å². The van der Waals surface area contributed by atoms with Gasteiger partial charge in [0.15, 0.2) is 5.96 Å². The van der Waals surface area contributed by atoms with Crippen molar-refractivity contribution < 1.29 is 19.4 Å². The van der Waals surface area contributed by atoms with E-state index in [4.69, 9.17) is 26.0 Å². The molecule has 0 aromatic rings. The van der Waals surface area contributed by atoms with E-state index in [1.807, 2.05) is 0 Å². The number of nitrogens with one attached hydrogen (secondary N) is 1. The van der Waals surface area contributed by atoms with E-state index in [0.29, 0.717) is 32.6 Å². The van der Waals surface area contributed by atoms with Crippen molar-refractivity contribution in [1.29, 1.82) is 0 Å². The van der Waals surface area contributed by atoms with Crippen LogP contribution in [-0.2, 0) is 14.3 Å². The number of nitrogens with zero attached hydrogens (tertiary/aromatic N) is 1. The largest absolute Gasteiger partial charge is 0.480 e. The Morgan fingerprint density at radius 1 is 1.37 bits per heavy atom. The van der Waals surface area contributed by atoms with Crippen molar-refractivity contribution in [2.24, 2.45) is 16.5 Å². The summed E-state index contributed by atoms with van der Waals surface area (Å²) in [6.45, 7) is 1.77. The standard InChI is InChI=1S/C11H24N4O4/c1-18-6-3-7-19-8-15-9(10(16)17)4-2-5-14-11(12)13/h9,15H,2-8H2,1H3,(H,16,17)(H4,12,13,14)/t9-/m0/s1. The van der Waals surface area contributed by atoms with Gasteiger partial charge < -0.3 is 26.0 Å². The summed E-state index contributed by atoms with van der Waals surface area (Å²) < 4.78 is 10.1. The molecule has 0 saturated heterocycles. The number of ether oxygens (including phenoxy) is 2. The molecule has 0 aromatic carbocycles. The molecule has 0 spiro atoms. The number of rotatable bonds is 12. The van der Waals surface area contributed by atoms with Gasteiger partial charge in [-0.2, -0.15) is 0 Å². The highest BCUT2D eigenvalue weighted by Gasteiger charge is 2.15. The number of guanidine groups is 1. The number of hydrogen-bond acceptors (Lipinski definition) is 5. The van der Waals surface area contributed by atoms with Crippen LogP contribution in [-0.4, -0.2) is 56.7 Å². The first-order valence-corrected chi connectivity index (χ1v) is 6.16. The Morgan fingerprint density at radius 3 is 2.68 bits per heavy atom. The Bertz CT molecular complexity index is 269. The zero-order chi connectivity index (χ0) is 14.5. The fourth-order valence-electron chi connectivity index (χ4n) is 1.35. The quantitative estimate of drug-likeness (QED) is 0.157. The lowest BCUT2D eigenvalue weighted by Gasteiger charge is -2.14. The van der Waals surface area contributed by atoms with Gasteiger partial charge in [0.1, 0.15) is 6.04 Å². The SMILES string of the molecule is COCCCOCN[C@@H](CCCN=C(N)N)C(=O)O. The maximum Gasteiger partial charge on any atom is 0.320 e. The summed E-state index contributed by atoms with van der Waals surface area (Å²) >= 11 is 0. The molecule has 6 N–H and O–H groups in total. The predicted molar refractivity (Wildman–Crippen MR) is 71.8 cm³/mol. The summed E-state index contributed by atoms with van der Waals surface area (Å²) in [5.74, 6) is -0.897. The number of carboxylic acid groups (broad SMARTS) is 1. The molecule has 0 aliphatic carbocycles. The number of aliphatic imine (C=N–C) groups is 1. The van der Waals surface area contributed by atoms with Gasteiger partial charge in [-0.05, 0) is 19.3 Å². The smallest absolute Gasteiger partial charge is 0.320 e. The first kappa shape index (κ1) is 17.6. The fraction of sp³-hybridized carbons (Fsp3) is 0.818. The van der Waals surface area contributed by atoms with E-state index in [9.17, 15) is 4.79 Å². The Kier molecular flexibility index (Phi) is 10.8. The first-order valence-electron chi connectivity index (χ1n) is 6.16. The molecule has 0 saturated carbocycles. The minimum absolute atomic E-state index is 0.0151. The molecule has 0 fully saturated rings. The van der Waals surface area contributed by atoms with E-state index in [-0.39, 0.29) is 12.7 Å². The van der Waals surface area contributed by atoms with Crippen LogP contribution < -0.4 is 16.8 Å². The van der Waals surface area contributed by atoms with Crippen molar-refractivity contribution >= 4 is 11.9 Å². The molecule has 0 unspecified atom stereocenters. The third-order valence-electron chi connectivity index (χ3n) is 2.31. The van der Waals surface area contributed by atoms with Gasteiger partial charge in [0.05, 0.1) is 13.3 Å². The lowest BCUT2D eigenvalue weighted by atomic mass is 10.1. The summed E-state index contributed by atoms with van der Waals surface area (Å²) in [5.41, 5.74) is 10.3. The summed E-state index contributed by atoms with van der Waals surface area (Å²) in [4.78, 5) is 14.8. The molecule has 0 aliphatic heterocycles. The predicted octanol–water partition coefficient (Wildman–Crippen LogP) is -0.907. The number of methoxy groups -OCH3 is 1. The average molecular weight is 276 g/mol. The minimum atomic E-state index is -0.912. The normalized spacial score (nSPS) is 12.1. The van der Waals surface area contributed by atoms with E-state index >= 15 is 0 Å². The molecule has 0 aliphatic rings.